The Labute approximate surface area is 92.4 Å². The Morgan fingerprint density at radius 1 is 1.15 bits per heavy atom. The van der Waals surface area contributed by atoms with Gasteiger partial charge in [-0.05, 0) is 24.1 Å². The highest BCUT2D eigenvalue weighted by Gasteiger charge is 2.03. The molecule has 72 valence electrons. The lowest BCUT2D eigenvalue weighted by molar-refractivity contribution is 0.354. The molecule has 0 aliphatic heterocycles. The normalized spacial score (nSPS) is 9.77. The van der Waals surface area contributed by atoms with Crippen LogP contribution in [0.3, 0.4) is 0 Å². The largest absolute Gasteiger partial charge is 0.493 e. The SMILES string of the molecule is COc1ccc(CCI)cc1OC. The zero-order chi connectivity index (χ0) is 9.68. The van der Waals surface area contributed by atoms with E-state index in [0.29, 0.717) is 0 Å². The molecule has 0 aliphatic rings. The smallest absolute Gasteiger partial charge is 0.160 e. The Hall–Kier alpha value is -0.450. The molecular formula is C10H13IO2. The molecule has 0 amide bonds. The number of halogens is 1. The maximum absolute atomic E-state index is 5.20. The van der Waals surface area contributed by atoms with Gasteiger partial charge in [-0.1, -0.05) is 28.7 Å². The van der Waals surface area contributed by atoms with E-state index in [-0.39, 0.29) is 0 Å². The molecule has 1 aromatic carbocycles. The Morgan fingerprint density at radius 2 is 1.85 bits per heavy atom. The van der Waals surface area contributed by atoms with Gasteiger partial charge in [0.25, 0.3) is 0 Å². The van der Waals surface area contributed by atoms with Gasteiger partial charge in [0, 0.05) is 4.43 Å². The van der Waals surface area contributed by atoms with Crippen LogP contribution >= 0.6 is 22.6 Å². The van der Waals surface area contributed by atoms with E-state index in [2.05, 4.69) is 28.7 Å². The minimum atomic E-state index is 0.791. The monoisotopic (exact) mass is 292 g/mol. The molecule has 13 heavy (non-hydrogen) atoms. The quantitative estimate of drug-likeness (QED) is 0.627. The van der Waals surface area contributed by atoms with Gasteiger partial charge in [-0.3, -0.25) is 0 Å². The Morgan fingerprint density at radius 3 is 2.38 bits per heavy atom. The molecule has 0 unspecified atom stereocenters. The fourth-order valence-corrected chi connectivity index (χ4v) is 1.77. The van der Waals surface area contributed by atoms with Crippen molar-refractivity contribution in [2.45, 2.75) is 6.42 Å². The van der Waals surface area contributed by atoms with Crippen molar-refractivity contribution in [1.82, 2.24) is 0 Å². The summed E-state index contributed by atoms with van der Waals surface area (Å²) in [5.74, 6) is 1.60. The zero-order valence-corrected chi connectivity index (χ0v) is 10.00. The second-order valence-corrected chi connectivity index (χ2v) is 3.71. The van der Waals surface area contributed by atoms with Gasteiger partial charge >= 0.3 is 0 Å². The zero-order valence-electron chi connectivity index (χ0n) is 7.84. The third-order valence-corrected chi connectivity index (χ3v) is 2.37. The van der Waals surface area contributed by atoms with Crippen LogP contribution in [0, 0.1) is 0 Å². The molecule has 0 saturated carbocycles. The highest BCUT2D eigenvalue weighted by atomic mass is 127. The molecule has 0 aliphatic carbocycles. The van der Waals surface area contributed by atoms with E-state index in [0.717, 1.165) is 22.3 Å². The molecule has 0 atom stereocenters. The molecule has 0 spiro atoms. The molecule has 0 radical (unpaired) electrons. The molecule has 1 aromatic rings. The first kappa shape index (κ1) is 10.6. The van der Waals surface area contributed by atoms with Crippen LogP contribution in [0.15, 0.2) is 18.2 Å². The van der Waals surface area contributed by atoms with Gasteiger partial charge in [-0.15, -0.1) is 0 Å². The Kier molecular flexibility index (Phi) is 4.35. The highest BCUT2D eigenvalue weighted by Crippen LogP contribution is 2.27. The van der Waals surface area contributed by atoms with E-state index >= 15 is 0 Å². The third-order valence-electron chi connectivity index (χ3n) is 1.83. The standard InChI is InChI=1S/C10H13IO2/c1-12-9-4-3-8(5-6-11)7-10(9)13-2/h3-4,7H,5-6H2,1-2H3. The topological polar surface area (TPSA) is 18.5 Å². The highest BCUT2D eigenvalue weighted by molar-refractivity contribution is 14.1. The maximum Gasteiger partial charge on any atom is 0.160 e. The Balaban J connectivity index is 2.91. The van der Waals surface area contributed by atoms with Crippen molar-refractivity contribution in [3.8, 4) is 11.5 Å². The summed E-state index contributed by atoms with van der Waals surface area (Å²) in [6.45, 7) is 0. The summed E-state index contributed by atoms with van der Waals surface area (Å²) < 4.78 is 11.5. The second-order valence-electron chi connectivity index (χ2n) is 2.63. The molecule has 2 nitrogen and oxygen atoms in total. The van der Waals surface area contributed by atoms with Gasteiger partial charge in [0.15, 0.2) is 11.5 Å². The fourth-order valence-electron chi connectivity index (χ4n) is 1.15. The number of methoxy groups -OCH3 is 2. The summed E-state index contributed by atoms with van der Waals surface area (Å²) in [7, 11) is 3.31. The van der Waals surface area contributed by atoms with Gasteiger partial charge in [0.05, 0.1) is 14.2 Å². The van der Waals surface area contributed by atoms with E-state index in [1.54, 1.807) is 14.2 Å². The summed E-state index contributed by atoms with van der Waals surface area (Å²) in [4.78, 5) is 0. The first-order valence-corrected chi connectivity index (χ1v) is 5.61. The lowest BCUT2D eigenvalue weighted by Crippen LogP contribution is -1.93. The lowest BCUT2D eigenvalue weighted by Gasteiger charge is -2.08. The van der Waals surface area contributed by atoms with Gasteiger partial charge in [0.2, 0.25) is 0 Å². The molecule has 0 aromatic heterocycles. The van der Waals surface area contributed by atoms with Gasteiger partial charge < -0.3 is 9.47 Å². The number of hydrogen-bond acceptors (Lipinski definition) is 2. The average molecular weight is 292 g/mol. The molecule has 0 fully saturated rings. The molecule has 0 bridgehead atoms. The van der Waals surface area contributed by atoms with Crippen molar-refractivity contribution in [3.63, 3.8) is 0 Å². The minimum Gasteiger partial charge on any atom is -0.493 e. The summed E-state index contributed by atoms with van der Waals surface area (Å²) in [6, 6.07) is 6.04. The van der Waals surface area contributed by atoms with Crippen molar-refractivity contribution >= 4 is 22.6 Å². The van der Waals surface area contributed by atoms with Crippen LogP contribution < -0.4 is 9.47 Å². The number of rotatable bonds is 4. The van der Waals surface area contributed by atoms with Crippen molar-refractivity contribution in [2.75, 3.05) is 18.6 Å². The molecule has 0 heterocycles. The number of benzene rings is 1. The molecule has 3 heteroatoms. The van der Waals surface area contributed by atoms with Crippen LogP contribution in [0.1, 0.15) is 5.56 Å². The molecular weight excluding hydrogens is 279 g/mol. The number of ether oxygens (including phenoxy) is 2. The van der Waals surface area contributed by atoms with Crippen molar-refractivity contribution in [3.05, 3.63) is 23.8 Å². The molecule has 0 saturated heterocycles. The minimum absolute atomic E-state index is 0.791. The second kappa shape index (κ2) is 5.32. The number of hydrogen-bond donors (Lipinski definition) is 0. The van der Waals surface area contributed by atoms with Crippen molar-refractivity contribution < 1.29 is 9.47 Å². The fraction of sp³-hybridized carbons (Fsp3) is 0.400. The van der Waals surface area contributed by atoms with Crippen LogP contribution in [-0.4, -0.2) is 18.6 Å². The first-order chi connectivity index (χ1) is 6.31. The Bertz CT molecular complexity index is 274. The van der Waals surface area contributed by atoms with E-state index in [9.17, 15) is 0 Å². The predicted octanol–water partition coefficient (Wildman–Crippen LogP) is 2.68. The van der Waals surface area contributed by atoms with E-state index in [4.69, 9.17) is 9.47 Å². The van der Waals surface area contributed by atoms with Crippen LogP contribution in [-0.2, 0) is 6.42 Å². The lowest BCUT2D eigenvalue weighted by atomic mass is 10.1. The maximum atomic E-state index is 5.20. The first-order valence-electron chi connectivity index (χ1n) is 4.08. The van der Waals surface area contributed by atoms with E-state index in [1.807, 2.05) is 12.1 Å². The van der Waals surface area contributed by atoms with Crippen LogP contribution in [0.2, 0.25) is 0 Å². The number of alkyl halides is 1. The molecule has 0 N–H and O–H groups in total. The van der Waals surface area contributed by atoms with Gasteiger partial charge in [-0.2, -0.15) is 0 Å². The summed E-state index contributed by atoms with van der Waals surface area (Å²) >= 11 is 2.36. The summed E-state index contributed by atoms with van der Waals surface area (Å²) in [5, 5.41) is 0. The van der Waals surface area contributed by atoms with Gasteiger partial charge in [0.1, 0.15) is 0 Å². The van der Waals surface area contributed by atoms with Gasteiger partial charge in [-0.25, -0.2) is 0 Å². The van der Waals surface area contributed by atoms with Crippen LogP contribution in [0.5, 0.6) is 11.5 Å². The number of aryl methyl sites for hydroxylation is 1. The van der Waals surface area contributed by atoms with Crippen molar-refractivity contribution in [2.24, 2.45) is 0 Å². The van der Waals surface area contributed by atoms with E-state index < -0.39 is 0 Å². The van der Waals surface area contributed by atoms with Crippen molar-refractivity contribution in [1.29, 1.82) is 0 Å². The third kappa shape index (κ3) is 2.76. The van der Waals surface area contributed by atoms with Crippen LogP contribution in [0.4, 0.5) is 0 Å². The predicted molar refractivity (Wildman–Crippen MR) is 62.1 cm³/mol. The van der Waals surface area contributed by atoms with E-state index in [1.165, 1.54) is 5.56 Å². The summed E-state index contributed by atoms with van der Waals surface area (Å²) in [5.41, 5.74) is 1.28. The summed E-state index contributed by atoms with van der Waals surface area (Å²) in [6.07, 6.45) is 1.07. The average Bonchev–Trinajstić information content (AvgIpc) is 2.18. The van der Waals surface area contributed by atoms with Crippen LogP contribution in [0.25, 0.3) is 0 Å². The molecule has 1 rings (SSSR count).